The maximum absolute atomic E-state index is 14.7. The van der Waals surface area contributed by atoms with Gasteiger partial charge in [-0.15, -0.1) is 0 Å². The molecule has 2 aromatic carbocycles. The highest BCUT2D eigenvalue weighted by Crippen LogP contribution is 2.44. The van der Waals surface area contributed by atoms with E-state index in [1.807, 2.05) is 38.8 Å². The molecule has 0 unspecified atom stereocenters. The largest absolute Gasteiger partial charge is 0.497 e. The van der Waals surface area contributed by atoms with Crippen molar-refractivity contribution in [3.8, 4) is 5.75 Å². The number of amides is 2. The Balaban J connectivity index is 1.24. The third kappa shape index (κ3) is 14.6. The van der Waals surface area contributed by atoms with Gasteiger partial charge in [-0.2, -0.15) is 0 Å². The second-order valence-corrected chi connectivity index (χ2v) is 24.4. The number of carbonyl (C=O) groups is 4. The van der Waals surface area contributed by atoms with E-state index in [2.05, 4.69) is 16.0 Å². The number of benzene rings is 2. The number of aromatic nitrogens is 1. The molecule has 4 heterocycles. The predicted molar refractivity (Wildman–Crippen MR) is 312 cm³/mol. The van der Waals surface area contributed by atoms with Crippen molar-refractivity contribution in [3.63, 3.8) is 0 Å². The summed E-state index contributed by atoms with van der Waals surface area (Å²) in [4.78, 5) is 58.4. The summed E-state index contributed by atoms with van der Waals surface area (Å²) in [6.45, 7) is 21.7. The van der Waals surface area contributed by atoms with E-state index >= 15 is 0 Å². The van der Waals surface area contributed by atoms with Crippen molar-refractivity contribution in [2.45, 2.75) is 205 Å². The van der Waals surface area contributed by atoms with Gasteiger partial charge in [-0.05, 0) is 136 Å². The zero-order chi connectivity index (χ0) is 61.7. The number of aliphatic hydroxyl groups is 4. The van der Waals surface area contributed by atoms with Crippen LogP contribution >= 0.6 is 11.6 Å². The summed E-state index contributed by atoms with van der Waals surface area (Å²) in [5.41, 5.74) is -4.11. The molecule has 3 aliphatic heterocycles. The van der Waals surface area contributed by atoms with Gasteiger partial charge >= 0.3 is 5.97 Å². The minimum Gasteiger partial charge on any atom is -0.497 e. The van der Waals surface area contributed by atoms with E-state index in [-0.39, 0.29) is 69.3 Å². The molecule has 6 rings (SSSR count). The normalized spacial score (nSPS) is 36.0. The molecule has 0 radical (unpaired) electrons. The number of hydrogen-bond acceptors (Lipinski definition) is 18. The summed E-state index contributed by atoms with van der Waals surface area (Å²) in [7, 11) is 6.43. The van der Waals surface area contributed by atoms with Crippen LogP contribution in [0, 0.1) is 24.7 Å². The monoisotopic (exact) mass is 1190 g/mol. The molecule has 3 fully saturated rings. The Morgan fingerprint density at radius 1 is 0.916 bits per heavy atom. The number of fused-ring (bicyclic) bond motifs is 1. The average Bonchev–Trinajstić information content (AvgIpc) is 3.93. The van der Waals surface area contributed by atoms with Gasteiger partial charge in [0, 0.05) is 79.8 Å². The molecule has 3 saturated heterocycles. The first-order chi connectivity index (χ1) is 38.9. The topological polar surface area (TPSA) is 267 Å². The second-order valence-electron chi connectivity index (χ2n) is 24.0. The number of nitrogens with one attached hydrogen (secondary N) is 3. The summed E-state index contributed by atoms with van der Waals surface area (Å²) in [5, 5.41) is 58.4. The summed E-state index contributed by atoms with van der Waals surface area (Å²) >= 11 is 6.12. The molecule has 0 spiro atoms. The van der Waals surface area contributed by atoms with Crippen LogP contribution in [0.3, 0.4) is 0 Å². The molecule has 0 saturated carbocycles. The van der Waals surface area contributed by atoms with Crippen molar-refractivity contribution in [1.29, 1.82) is 0 Å². The molecule has 22 heteroatoms. The number of ether oxygens (including phenoxy) is 8. The summed E-state index contributed by atoms with van der Waals surface area (Å²) in [6, 6.07) is 10.7. The van der Waals surface area contributed by atoms with Crippen molar-refractivity contribution in [3.05, 3.63) is 64.3 Å². The van der Waals surface area contributed by atoms with Gasteiger partial charge in [0.25, 0.3) is 5.91 Å². The van der Waals surface area contributed by atoms with Crippen molar-refractivity contribution in [1.82, 2.24) is 25.4 Å². The van der Waals surface area contributed by atoms with Crippen LogP contribution in [0.4, 0.5) is 0 Å². The highest BCUT2D eigenvalue weighted by molar-refractivity contribution is 6.30. The van der Waals surface area contributed by atoms with Gasteiger partial charge < -0.3 is 79.2 Å². The van der Waals surface area contributed by atoms with Crippen LogP contribution in [0.2, 0.25) is 5.02 Å². The fraction of sp³-hybridized carbons (Fsp3) is 0.705. The number of hydrogen-bond donors (Lipinski definition) is 7. The quantitative estimate of drug-likeness (QED) is 0.0648. The number of carbonyl (C=O) groups excluding carboxylic acids is 4. The SMILES string of the molecule is CC[C@H]1OC(=O)[C@H](C)[C@@H](O[C@@H]2C[C@@](C)(OC)[C@](O)(CNCCNC(=O)Cc3c(C)n(C(=O)c4ccc(Cl)cc4)c4ccc(OC)cc34)[C@H](C)O2)[C@H](C)[C@@H](O[C@@H]2O[C@H](C)C[C@H](N(C)CC)[C@H]2O)[C@](C)(OC)C[C@@H](C)C(=O)N[C@H](C)[C@@H](O)[C@]1(C)O. The average molecular weight is 1190 g/mol. The zero-order valence-corrected chi connectivity index (χ0v) is 52.2. The van der Waals surface area contributed by atoms with Crippen molar-refractivity contribution >= 4 is 46.2 Å². The van der Waals surface area contributed by atoms with E-state index in [1.54, 1.807) is 103 Å². The standard InChI is InChI=1S/C61H94ClN5O16/c1-17-47-60(12,74)52(70)37(7)65-54(71)33(3)30-58(10,77-15)53(83-57-50(69)46(66(13)18-2)27-34(4)79-57)35(5)51(36(6)56(73)81-47)82-49-31-59(11,78-16)61(75,39(9)80-49)32-63-25-26-64-48(68)29-43-38(8)67(45-24-23-42(76-14)28-44(43)45)55(72)40-19-21-41(62)22-20-40/h19-24,28,33-37,39,46-47,49-53,57,63,69-70,74-75H,17-18,25-27,29-32H2,1-16H3,(H,64,68)(H,65,71)/t33-,34-,35+,36-,37-,39+,46+,47-,49-,50-,51+,52-,53-,57+,58-,59-,60-,61+/m1/s1. The lowest BCUT2D eigenvalue weighted by Crippen LogP contribution is -2.70. The Bertz CT molecular complexity index is 2700. The molecule has 0 aliphatic carbocycles. The molecule has 2 amide bonds. The van der Waals surface area contributed by atoms with Crippen LogP contribution in [0.5, 0.6) is 5.75 Å². The molecular formula is C61H94ClN5O16. The minimum absolute atomic E-state index is 0.0346. The number of cyclic esters (lactones) is 1. The summed E-state index contributed by atoms with van der Waals surface area (Å²) in [6.07, 6.45) is -9.21. The van der Waals surface area contributed by atoms with Crippen LogP contribution < -0.4 is 20.7 Å². The van der Waals surface area contributed by atoms with Crippen LogP contribution in [0.15, 0.2) is 42.5 Å². The van der Waals surface area contributed by atoms with E-state index in [4.69, 9.17) is 49.5 Å². The Kier molecular flexibility index (Phi) is 22.9. The first-order valence-electron chi connectivity index (χ1n) is 29.2. The van der Waals surface area contributed by atoms with Crippen LogP contribution in [0.25, 0.3) is 10.9 Å². The molecule has 83 heavy (non-hydrogen) atoms. The fourth-order valence-electron chi connectivity index (χ4n) is 12.6. The highest BCUT2D eigenvalue weighted by atomic mass is 35.5. The number of halogens is 1. The lowest BCUT2D eigenvalue weighted by molar-refractivity contribution is -0.337. The second kappa shape index (κ2) is 28.0. The van der Waals surface area contributed by atoms with Gasteiger partial charge in [-0.3, -0.25) is 23.7 Å². The third-order valence-corrected chi connectivity index (χ3v) is 18.5. The van der Waals surface area contributed by atoms with E-state index in [0.717, 1.165) is 0 Å². The number of rotatable bonds is 18. The van der Waals surface area contributed by atoms with Crippen LogP contribution in [0.1, 0.15) is 123 Å². The molecule has 3 aromatic rings. The number of aliphatic hydroxyl groups excluding tert-OH is 2. The van der Waals surface area contributed by atoms with Crippen molar-refractivity contribution < 1.29 is 77.5 Å². The summed E-state index contributed by atoms with van der Waals surface area (Å²) in [5.74, 6) is -3.97. The molecule has 18 atom stereocenters. The molecule has 7 N–H and O–H groups in total. The lowest BCUT2D eigenvalue weighted by Gasteiger charge is -2.54. The smallest absolute Gasteiger partial charge is 0.311 e. The van der Waals surface area contributed by atoms with Gasteiger partial charge in [0.15, 0.2) is 12.6 Å². The van der Waals surface area contributed by atoms with E-state index in [9.17, 15) is 39.6 Å². The molecule has 1 aromatic heterocycles. The Hall–Kier alpha value is -4.33. The first-order valence-corrected chi connectivity index (χ1v) is 29.5. The highest BCUT2D eigenvalue weighted by Gasteiger charge is 2.59. The molecule has 0 bridgehead atoms. The molecule has 466 valence electrons. The number of likely N-dealkylation sites (N-methyl/N-ethyl adjacent to an activating group) is 1. The Labute approximate surface area is 494 Å². The molecule has 3 aliphatic rings. The number of esters is 1. The summed E-state index contributed by atoms with van der Waals surface area (Å²) < 4.78 is 52.8. The van der Waals surface area contributed by atoms with E-state index in [1.165, 1.54) is 21.1 Å². The van der Waals surface area contributed by atoms with Gasteiger partial charge in [-0.1, -0.05) is 39.3 Å². The number of nitrogens with zero attached hydrogens (tertiary/aromatic N) is 2. The van der Waals surface area contributed by atoms with Gasteiger partial charge in [0.05, 0.1) is 61.0 Å². The third-order valence-electron chi connectivity index (χ3n) is 18.2. The fourth-order valence-corrected chi connectivity index (χ4v) is 12.7. The maximum Gasteiger partial charge on any atom is 0.311 e. The Morgan fingerprint density at radius 3 is 2.20 bits per heavy atom. The van der Waals surface area contributed by atoms with Crippen molar-refractivity contribution in [2.24, 2.45) is 17.8 Å². The van der Waals surface area contributed by atoms with Crippen LogP contribution in [-0.2, 0) is 54.0 Å². The zero-order valence-electron chi connectivity index (χ0n) is 51.4. The predicted octanol–water partition coefficient (Wildman–Crippen LogP) is 5.06. The maximum atomic E-state index is 14.7. The van der Waals surface area contributed by atoms with Gasteiger partial charge in [0.2, 0.25) is 11.8 Å². The van der Waals surface area contributed by atoms with Gasteiger partial charge in [-0.25, -0.2) is 0 Å². The first kappa shape index (κ1) is 67.8. The van der Waals surface area contributed by atoms with Crippen LogP contribution in [-0.4, -0.2) is 198 Å². The minimum atomic E-state index is -2.02. The van der Waals surface area contributed by atoms with E-state index < -0.39 is 107 Å². The number of methoxy groups -OCH3 is 3. The Morgan fingerprint density at radius 2 is 1.59 bits per heavy atom. The van der Waals surface area contributed by atoms with Gasteiger partial charge in [0.1, 0.15) is 40.9 Å². The lowest BCUT2D eigenvalue weighted by atomic mass is 9.75. The molecule has 21 nitrogen and oxygen atoms in total. The van der Waals surface area contributed by atoms with E-state index in [0.29, 0.717) is 51.5 Å². The van der Waals surface area contributed by atoms with Crippen molar-refractivity contribution in [2.75, 3.05) is 54.6 Å². The molecular weight excluding hydrogens is 1090 g/mol.